The van der Waals surface area contributed by atoms with Crippen molar-refractivity contribution >= 4 is 5.91 Å². The molecule has 110 valence electrons. The van der Waals surface area contributed by atoms with Crippen molar-refractivity contribution in [1.82, 2.24) is 10.2 Å². The number of likely N-dealkylation sites (tertiary alicyclic amines) is 1. The second kappa shape index (κ2) is 6.61. The number of hydrogen-bond acceptors (Lipinski definition) is 4. The van der Waals surface area contributed by atoms with Gasteiger partial charge in [0.1, 0.15) is 11.5 Å². The van der Waals surface area contributed by atoms with Gasteiger partial charge in [-0.1, -0.05) is 0 Å². The van der Waals surface area contributed by atoms with Gasteiger partial charge < -0.3 is 20.4 Å². The van der Waals surface area contributed by atoms with Gasteiger partial charge in [-0.05, 0) is 50.9 Å². The number of aromatic hydroxyl groups is 2. The fraction of sp³-hybridized carbons (Fsp3) is 0.533. The smallest absolute Gasteiger partial charge is 0.254 e. The van der Waals surface area contributed by atoms with Crippen molar-refractivity contribution < 1.29 is 15.0 Å². The van der Waals surface area contributed by atoms with E-state index in [1.807, 2.05) is 7.05 Å². The Balaban J connectivity index is 1.94. The number of nitrogens with one attached hydrogen (secondary N) is 1. The van der Waals surface area contributed by atoms with Crippen LogP contribution in [0.5, 0.6) is 11.5 Å². The molecule has 1 aliphatic rings. The van der Waals surface area contributed by atoms with Crippen LogP contribution in [-0.2, 0) is 0 Å². The molecule has 1 amide bonds. The van der Waals surface area contributed by atoms with Gasteiger partial charge in [0.2, 0.25) is 0 Å². The lowest BCUT2D eigenvalue weighted by molar-refractivity contribution is 0.0686. The molecule has 1 aromatic rings. The number of piperidine rings is 1. The first-order valence-corrected chi connectivity index (χ1v) is 7.07. The maximum Gasteiger partial charge on any atom is 0.254 e. The number of rotatable bonds is 4. The maximum atomic E-state index is 12.3. The maximum absolute atomic E-state index is 12.3. The van der Waals surface area contributed by atoms with Crippen LogP contribution in [0.4, 0.5) is 0 Å². The van der Waals surface area contributed by atoms with E-state index >= 15 is 0 Å². The third-order valence-corrected chi connectivity index (χ3v) is 3.85. The number of carbonyl (C=O) groups is 1. The lowest BCUT2D eigenvalue weighted by Crippen LogP contribution is -2.38. The molecule has 0 aromatic heterocycles. The van der Waals surface area contributed by atoms with E-state index in [1.165, 1.54) is 18.2 Å². The predicted octanol–water partition coefficient (Wildman–Crippen LogP) is 1.56. The van der Waals surface area contributed by atoms with Gasteiger partial charge >= 0.3 is 0 Å². The summed E-state index contributed by atoms with van der Waals surface area (Å²) < 4.78 is 0. The Morgan fingerprint density at radius 3 is 2.40 bits per heavy atom. The summed E-state index contributed by atoms with van der Waals surface area (Å²) in [5.74, 6) is 0.377. The number of amides is 1. The Bertz CT molecular complexity index is 448. The van der Waals surface area contributed by atoms with E-state index in [9.17, 15) is 15.0 Å². The largest absolute Gasteiger partial charge is 0.508 e. The van der Waals surface area contributed by atoms with Gasteiger partial charge in [0, 0.05) is 24.7 Å². The van der Waals surface area contributed by atoms with Gasteiger partial charge in [0.05, 0.1) is 0 Å². The van der Waals surface area contributed by atoms with Crippen LogP contribution in [0.1, 0.15) is 29.6 Å². The third kappa shape index (κ3) is 3.63. The van der Waals surface area contributed by atoms with Crippen molar-refractivity contribution in [2.24, 2.45) is 5.92 Å². The van der Waals surface area contributed by atoms with E-state index in [0.29, 0.717) is 11.5 Å². The average Bonchev–Trinajstić information content (AvgIpc) is 2.44. The summed E-state index contributed by atoms with van der Waals surface area (Å²) in [6, 6.07) is 4.02. The Hall–Kier alpha value is -1.75. The fourth-order valence-electron chi connectivity index (χ4n) is 2.67. The van der Waals surface area contributed by atoms with Crippen LogP contribution in [0, 0.1) is 5.92 Å². The highest BCUT2D eigenvalue weighted by Gasteiger charge is 2.23. The minimum absolute atomic E-state index is 0.0859. The molecule has 1 heterocycles. The highest BCUT2D eigenvalue weighted by atomic mass is 16.3. The first-order chi connectivity index (χ1) is 9.60. The SMILES string of the molecule is CNCCC1CCN(C(=O)c2cc(O)cc(O)c2)CC1. The van der Waals surface area contributed by atoms with Crippen LogP contribution >= 0.6 is 0 Å². The van der Waals surface area contributed by atoms with Crippen LogP contribution in [-0.4, -0.2) is 47.7 Å². The molecule has 2 rings (SSSR count). The predicted molar refractivity (Wildman–Crippen MR) is 76.9 cm³/mol. The molecule has 0 bridgehead atoms. The van der Waals surface area contributed by atoms with Gasteiger partial charge in [0.25, 0.3) is 5.91 Å². The molecule has 1 aliphatic heterocycles. The zero-order valence-electron chi connectivity index (χ0n) is 11.8. The Morgan fingerprint density at radius 1 is 1.25 bits per heavy atom. The lowest BCUT2D eigenvalue weighted by Gasteiger charge is -2.32. The number of phenols is 2. The molecule has 5 heteroatoms. The minimum Gasteiger partial charge on any atom is -0.508 e. The molecule has 1 fully saturated rings. The van der Waals surface area contributed by atoms with Crippen molar-refractivity contribution in [3.8, 4) is 11.5 Å². The van der Waals surface area contributed by atoms with Gasteiger partial charge in [-0.2, -0.15) is 0 Å². The summed E-state index contributed by atoms with van der Waals surface area (Å²) in [5, 5.41) is 22.0. The Morgan fingerprint density at radius 2 is 1.85 bits per heavy atom. The number of benzene rings is 1. The molecule has 20 heavy (non-hydrogen) atoms. The average molecular weight is 278 g/mol. The van der Waals surface area contributed by atoms with E-state index < -0.39 is 0 Å². The Kier molecular flexibility index (Phi) is 4.84. The van der Waals surface area contributed by atoms with Crippen LogP contribution < -0.4 is 5.32 Å². The van der Waals surface area contributed by atoms with Crippen LogP contribution in [0.25, 0.3) is 0 Å². The number of phenolic OH excluding ortho intramolecular Hbond substituents is 2. The van der Waals surface area contributed by atoms with Crippen LogP contribution in [0.15, 0.2) is 18.2 Å². The molecule has 0 saturated carbocycles. The lowest BCUT2D eigenvalue weighted by atomic mass is 9.93. The third-order valence-electron chi connectivity index (χ3n) is 3.85. The van der Waals surface area contributed by atoms with Gasteiger partial charge in [-0.15, -0.1) is 0 Å². The normalized spacial score (nSPS) is 16.4. The van der Waals surface area contributed by atoms with E-state index in [0.717, 1.165) is 38.9 Å². The van der Waals surface area contributed by atoms with E-state index in [-0.39, 0.29) is 17.4 Å². The molecule has 0 atom stereocenters. The number of nitrogens with zero attached hydrogens (tertiary/aromatic N) is 1. The van der Waals surface area contributed by atoms with Gasteiger partial charge in [-0.3, -0.25) is 4.79 Å². The fourth-order valence-corrected chi connectivity index (χ4v) is 2.67. The number of hydrogen-bond donors (Lipinski definition) is 3. The molecule has 5 nitrogen and oxygen atoms in total. The van der Waals surface area contributed by atoms with Crippen molar-refractivity contribution in [2.75, 3.05) is 26.7 Å². The van der Waals surface area contributed by atoms with Gasteiger partial charge in [0.15, 0.2) is 0 Å². The first-order valence-electron chi connectivity index (χ1n) is 7.07. The van der Waals surface area contributed by atoms with Crippen LogP contribution in [0.2, 0.25) is 0 Å². The molecule has 1 saturated heterocycles. The van der Waals surface area contributed by atoms with E-state index in [2.05, 4.69) is 5.32 Å². The quantitative estimate of drug-likeness (QED) is 0.781. The molecule has 0 unspecified atom stereocenters. The summed E-state index contributed by atoms with van der Waals surface area (Å²) >= 11 is 0. The second-order valence-electron chi connectivity index (χ2n) is 5.37. The van der Waals surface area contributed by atoms with Crippen molar-refractivity contribution in [3.63, 3.8) is 0 Å². The number of carbonyl (C=O) groups excluding carboxylic acids is 1. The monoisotopic (exact) mass is 278 g/mol. The van der Waals surface area contributed by atoms with Crippen molar-refractivity contribution in [2.45, 2.75) is 19.3 Å². The molecule has 0 spiro atoms. The van der Waals surface area contributed by atoms with Gasteiger partial charge in [-0.25, -0.2) is 0 Å². The molecular formula is C15H22N2O3. The van der Waals surface area contributed by atoms with E-state index in [4.69, 9.17) is 0 Å². The molecule has 1 aromatic carbocycles. The van der Waals surface area contributed by atoms with E-state index in [1.54, 1.807) is 4.90 Å². The summed E-state index contributed by atoms with van der Waals surface area (Å²) in [5.41, 5.74) is 0.344. The summed E-state index contributed by atoms with van der Waals surface area (Å²) in [6.07, 6.45) is 3.17. The van der Waals surface area contributed by atoms with Crippen LogP contribution in [0.3, 0.4) is 0 Å². The highest BCUT2D eigenvalue weighted by Crippen LogP contribution is 2.25. The summed E-state index contributed by atoms with van der Waals surface area (Å²) in [4.78, 5) is 14.1. The molecular weight excluding hydrogens is 256 g/mol. The standard InChI is InChI=1S/C15H22N2O3/c1-16-5-2-11-3-6-17(7-4-11)15(20)12-8-13(18)10-14(19)9-12/h8-11,16,18-19H,2-7H2,1H3. The summed E-state index contributed by atoms with van der Waals surface area (Å²) in [6.45, 7) is 2.49. The summed E-state index contributed by atoms with van der Waals surface area (Å²) in [7, 11) is 1.95. The van der Waals surface area contributed by atoms with Crippen molar-refractivity contribution in [1.29, 1.82) is 0 Å². The second-order valence-corrected chi connectivity index (χ2v) is 5.37. The first kappa shape index (κ1) is 14.7. The highest BCUT2D eigenvalue weighted by molar-refractivity contribution is 5.95. The molecule has 3 N–H and O–H groups in total. The topological polar surface area (TPSA) is 72.8 Å². The molecule has 0 radical (unpaired) electrons. The minimum atomic E-state index is -0.122. The zero-order valence-corrected chi connectivity index (χ0v) is 11.8. The Labute approximate surface area is 119 Å². The van der Waals surface area contributed by atoms with Crippen molar-refractivity contribution in [3.05, 3.63) is 23.8 Å². The molecule has 0 aliphatic carbocycles. The zero-order chi connectivity index (χ0) is 14.5.